The van der Waals surface area contributed by atoms with Crippen molar-refractivity contribution in [3.8, 4) is 11.5 Å². The molecular formula is C20H25NO3. The third-order valence-corrected chi connectivity index (χ3v) is 6.72. The maximum absolute atomic E-state index is 12.6. The molecule has 2 aliphatic heterocycles. The van der Waals surface area contributed by atoms with Crippen LogP contribution in [-0.4, -0.2) is 37.1 Å². The number of benzene rings is 1. The molecule has 5 rings (SSSR count). The van der Waals surface area contributed by atoms with Crippen LogP contribution in [0.2, 0.25) is 0 Å². The van der Waals surface area contributed by atoms with E-state index in [1.807, 2.05) is 12.1 Å². The number of nitrogens with zero attached hydrogens (tertiary/aromatic N) is 1. The fraction of sp³-hybridized carbons (Fsp3) is 0.650. The van der Waals surface area contributed by atoms with Gasteiger partial charge in [0.1, 0.15) is 13.2 Å². The SMILES string of the molecule is O=C(CCc1ccc2c(c1)OCCO2)N1CC2C3CCC(C3)C2C1. The predicted octanol–water partition coefficient (Wildman–Crippen LogP) is 2.89. The molecule has 1 aromatic rings. The Morgan fingerprint density at radius 3 is 2.50 bits per heavy atom. The second kappa shape index (κ2) is 5.68. The summed E-state index contributed by atoms with van der Waals surface area (Å²) in [6.45, 7) is 3.26. The summed E-state index contributed by atoms with van der Waals surface area (Å²) in [7, 11) is 0. The maximum Gasteiger partial charge on any atom is 0.222 e. The molecule has 3 fully saturated rings. The van der Waals surface area contributed by atoms with Gasteiger partial charge in [-0.05, 0) is 67.1 Å². The molecule has 0 radical (unpaired) electrons. The highest BCUT2D eigenvalue weighted by Crippen LogP contribution is 2.55. The fourth-order valence-electron chi connectivity index (χ4n) is 5.54. The fourth-order valence-corrected chi connectivity index (χ4v) is 5.54. The molecule has 1 aromatic carbocycles. The quantitative estimate of drug-likeness (QED) is 0.857. The summed E-state index contributed by atoms with van der Waals surface area (Å²) >= 11 is 0. The Hall–Kier alpha value is -1.71. The number of carbonyl (C=O) groups is 1. The molecule has 24 heavy (non-hydrogen) atoms. The van der Waals surface area contributed by atoms with Crippen molar-refractivity contribution in [1.29, 1.82) is 0 Å². The Labute approximate surface area is 143 Å². The second-order valence-electron chi connectivity index (χ2n) is 7.94. The van der Waals surface area contributed by atoms with Gasteiger partial charge in [0.25, 0.3) is 0 Å². The van der Waals surface area contributed by atoms with Crippen LogP contribution in [0, 0.1) is 23.7 Å². The van der Waals surface area contributed by atoms with Crippen LogP contribution in [-0.2, 0) is 11.2 Å². The Morgan fingerprint density at radius 2 is 1.75 bits per heavy atom. The first-order valence-electron chi connectivity index (χ1n) is 9.44. The van der Waals surface area contributed by atoms with Gasteiger partial charge in [-0.3, -0.25) is 4.79 Å². The second-order valence-corrected chi connectivity index (χ2v) is 7.94. The summed E-state index contributed by atoms with van der Waals surface area (Å²) in [5.41, 5.74) is 1.16. The summed E-state index contributed by atoms with van der Waals surface area (Å²) in [6, 6.07) is 6.05. The lowest BCUT2D eigenvalue weighted by molar-refractivity contribution is -0.130. The molecule has 0 N–H and O–H groups in total. The number of carbonyl (C=O) groups excluding carboxylic acids is 1. The van der Waals surface area contributed by atoms with Crippen molar-refractivity contribution in [1.82, 2.24) is 4.90 Å². The Balaban J connectivity index is 1.19. The van der Waals surface area contributed by atoms with Gasteiger partial charge in [-0.2, -0.15) is 0 Å². The van der Waals surface area contributed by atoms with Crippen molar-refractivity contribution in [3.63, 3.8) is 0 Å². The Bertz CT molecular complexity index is 640. The van der Waals surface area contributed by atoms with Gasteiger partial charge in [-0.15, -0.1) is 0 Å². The number of hydrogen-bond donors (Lipinski definition) is 0. The smallest absolute Gasteiger partial charge is 0.222 e. The number of ether oxygens (including phenoxy) is 2. The van der Waals surface area contributed by atoms with Gasteiger partial charge < -0.3 is 14.4 Å². The highest BCUT2D eigenvalue weighted by atomic mass is 16.6. The molecule has 0 aromatic heterocycles. The van der Waals surface area contributed by atoms with Gasteiger partial charge in [0.15, 0.2) is 11.5 Å². The molecule has 0 spiro atoms. The van der Waals surface area contributed by atoms with Crippen molar-refractivity contribution in [2.45, 2.75) is 32.1 Å². The zero-order valence-electron chi connectivity index (χ0n) is 14.1. The van der Waals surface area contributed by atoms with Crippen LogP contribution in [0.25, 0.3) is 0 Å². The molecule has 4 nitrogen and oxygen atoms in total. The average molecular weight is 327 g/mol. The Morgan fingerprint density at radius 1 is 1.04 bits per heavy atom. The number of hydrogen-bond acceptors (Lipinski definition) is 3. The van der Waals surface area contributed by atoms with Gasteiger partial charge in [-0.1, -0.05) is 6.07 Å². The standard InChI is InChI=1S/C20H25NO3/c22-20(21-11-16-14-3-4-15(10-14)17(16)12-21)6-2-13-1-5-18-19(9-13)24-8-7-23-18/h1,5,9,14-17H,2-4,6-8,10-12H2. The van der Waals surface area contributed by atoms with E-state index in [4.69, 9.17) is 9.47 Å². The van der Waals surface area contributed by atoms with Gasteiger partial charge in [0.2, 0.25) is 5.91 Å². The van der Waals surface area contributed by atoms with Crippen LogP contribution < -0.4 is 9.47 Å². The van der Waals surface area contributed by atoms with Crippen molar-refractivity contribution in [3.05, 3.63) is 23.8 Å². The topological polar surface area (TPSA) is 38.8 Å². The van der Waals surface area contributed by atoms with Crippen LogP contribution in [0.1, 0.15) is 31.2 Å². The molecule has 4 heteroatoms. The van der Waals surface area contributed by atoms with E-state index in [1.165, 1.54) is 19.3 Å². The van der Waals surface area contributed by atoms with Gasteiger partial charge in [-0.25, -0.2) is 0 Å². The minimum atomic E-state index is 0.332. The van der Waals surface area contributed by atoms with Crippen LogP contribution in [0.4, 0.5) is 0 Å². The summed E-state index contributed by atoms with van der Waals surface area (Å²) in [5.74, 6) is 5.41. The molecular weight excluding hydrogens is 302 g/mol. The summed E-state index contributed by atoms with van der Waals surface area (Å²) < 4.78 is 11.2. The number of likely N-dealkylation sites (tertiary alicyclic amines) is 1. The van der Waals surface area contributed by atoms with E-state index >= 15 is 0 Å². The highest BCUT2D eigenvalue weighted by Gasteiger charge is 2.52. The van der Waals surface area contributed by atoms with E-state index in [0.717, 1.165) is 60.2 Å². The molecule has 1 saturated heterocycles. The van der Waals surface area contributed by atoms with Crippen LogP contribution in [0.5, 0.6) is 11.5 Å². The van der Waals surface area contributed by atoms with Gasteiger partial charge in [0, 0.05) is 19.5 Å². The van der Waals surface area contributed by atoms with E-state index in [2.05, 4.69) is 11.0 Å². The zero-order chi connectivity index (χ0) is 16.1. The maximum atomic E-state index is 12.6. The first-order chi connectivity index (χ1) is 11.8. The molecule has 2 bridgehead atoms. The van der Waals surface area contributed by atoms with Crippen LogP contribution in [0.3, 0.4) is 0 Å². The van der Waals surface area contributed by atoms with Crippen molar-refractivity contribution < 1.29 is 14.3 Å². The molecule has 2 aliphatic carbocycles. The lowest BCUT2D eigenvalue weighted by Gasteiger charge is -2.22. The summed E-state index contributed by atoms with van der Waals surface area (Å²) in [4.78, 5) is 14.8. The summed E-state index contributed by atoms with van der Waals surface area (Å²) in [6.07, 6.45) is 5.65. The normalized spacial score (nSPS) is 32.9. The van der Waals surface area contributed by atoms with E-state index in [9.17, 15) is 4.79 Å². The van der Waals surface area contributed by atoms with Crippen LogP contribution >= 0.6 is 0 Å². The van der Waals surface area contributed by atoms with Gasteiger partial charge >= 0.3 is 0 Å². The van der Waals surface area contributed by atoms with Crippen molar-refractivity contribution >= 4 is 5.91 Å². The molecule has 4 aliphatic rings. The molecule has 4 unspecified atom stereocenters. The average Bonchev–Trinajstić information content (AvgIpc) is 3.32. The van der Waals surface area contributed by atoms with E-state index in [0.29, 0.717) is 25.5 Å². The number of fused-ring (bicyclic) bond motifs is 6. The highest BCUT2D eigenvalue weighted by molar-refractivity contribution is 5.77. The first kappa shape index (κ1) is 14.6. The summed E-state index contributed by atoms with van der Waals surface area (Å²) in [5, 5.41) is 0. The minimum absolute atomic E-state index is 0.332. The lowest BCUT2D eigenvalue weighted by Crippen LogP contribution is -2.30. The van der Waals surface area contributed by atoms with E-state index in [-0.39, 0.29) is 0 Å². The van der Waals surface area contributed by atoms with Crippen molar-refractivity contribution in [2.24, 2.45) is 23.7 Å². The molecule has 2 heterocycles. The van der Waals surface area contributed by atoms with E-state index < -0.39 is 0 Å². The van der Waals surface area contributed by atoms with Crippen molar-refractivity contribution in [2.75, 3.05) is 26.3 Å². The Kier molecular flexibility index (Phi) is 3.46. The van der Waals surface area contributed by atoms with E-state index in [1.54, 1.807) is 0 Å². The largest absolute Gasteiger partial charge is 0.486 e. The van der Waals surface area contributed by atoms with Gasteiger partial charge in [0.05, 0.1) is 0 Å². The third kappa shape index (κ3) is 2.38. The molecule has 2 saturated carbocycles. The third-order valence-electron chi connectivity index (χ3n) is 6.72. The molecule has 128 valence electrons. The number of amides is 1. The first-order valence-corrected chi connectivity index (χ1v) is 9.44. The lowest BCUT2D eigenvalue weighted by atomic mass is 9.82. The predicted molar refractivity (Wildman–Crippen MR) is 90.1 cm³/mol. The number of aryl methyl sites for hydroxylation is 1. The molecule has 4 atom stereocenters. The van der Waals surface area contributed by atoms with Crippen LogP contribution in [0.15, 0.2) is 18.2 Å². The molecule has 1 amide bonds. The number of rotatable bonds is 3. The monoisotopic (exact) mass is 327 g/mol. The zero-order valence-corrected chi connectivity index (χ0v) is 14.1. The minimum Gasteiger partial charge on any atom is -0.486 e.